The second kappa shape index (κ2) is 11.7. The van der Waals surface area contributed by atoms with Crippen molar-refractivity contribution < 1.29 is 9.84 Å². The van der Waals surface area contributed by atoms with Crippen molar-refractivity contribution in [1.29, 1.82) is 0 Å². The predicted molar refractivity (Wildman–Crippen MR) is 123 cm³/mol. The molecule has 6 nitrogen and oxygen atoms in total. The van der Waals surface area contributed by atoms with E-state index in [0.717, 1.165) is 64.6 Å². The molecule has 1 aliphatic heterocycles. The van der Waals surface area contributed by atoms with E-state index in [1.807, 2.05) is 0 Å². The zero-order valence-electron chi connectivity index (χ0n) is 18.8. The number of hydrogen-bond acceptors (Lipinski definition) is 4. The monoisotopic (exact) mass is 416 g/mol. The number of methoxy groups -OCH3 is 1. The molecule has 0 radical (unpaired) electrons. The van der Waals surface area contributed by atoms with Crippen LogP contribution in [0.2, 0.25) is 0 Å². The number of nitrogens with one attached hydrogen (secondary N) is 2. The zero-order chi connectivity index (χ0) is 21.2. The van der Waals surface area contributed by atoms with Gasteiger partial charge in [0.15, 0.2) is 5.96 Å². The predicted octanol–water partition coefficient (Wildman–Crippen LogP) is 2.91. The van der Waals surface area contributed by atoms with Crippen LogP contribution >= 0.6 is 0 Å². The first-order valence-corrected chi connectivity index (χ1v) is 11.6. The number of aliphatic hydroxyl groups excluding tert-OH is 1. The molecule has 0 unspecified atom stereocenters. The maximum Gasteiger partial charge on any atom is 0.191 e. The van der Waals surface area contributed by atoms with Crippen LogP contribution in [0.15, 0.2) is 29.3 Å². The topological polar surface area (TPSA) is 69.1 Å². The van der Waals surface area contributed by atoms with Crippen LogP contribution in [0, 0.1) is 5.41 Å². The highest BCUT2D eigenvalue weighted by molar-refractivity contribution is 5.79. The fraction of sp³-hybridized carbons (Fsp3) is 0.708. The Balaban J connectivity index is 1.49. The molecular formula is C24H40N4O2. The molecule has 3 N–H and O–H groups in total. The fourth-order valence-electron chi connectivity index (χ4n) is 4.38. The van der Waals surface area contributed by atoms with Gasteiger partial charge in [0.05, 0.1) is 12.6 Å². The van der Waals surface area contributed by atoms with E-state index in [0.29, 0.717) is 12.0 Å². The number of piperidine rings is 1. The third-order valence-corrected chi connectivity index (χ3v) is 6.63. The van der Waals surface area contributed by atoms with Gasteiger partial charge < -0.3 is 20.5 Å². The Morgan fingerprint density at radius 3 is 2.47 bits per heavy atom. The number of aliphatic imine (C=N–C) groups is 1. The Labute approximate surface area is 182 Å². The average Bonchev–Trinajstić information content (AvgIpc) is 2.73. The highest BCUT2D eigenvalue weighted by Gasteiger charge is 2.36. The van der Waals surface area contributed by atoms with Crippen LogP contribution in [0.4, 0.5) is 0 Å². The molecule has 0 amide bonds. The molecule has 1 aliphatic carbocycles. The fourth-order valence-corrected chi connectivity index (χ4v) is 4.38. The van der Waals surface area contributed by atoms with Crippen LogP contribution < -0.4 is 10.6 Å². The lowest BCUT2D eigenvalue weighted by Crippen LogP contribution is -2.46. The van der Waals surface area contributed by atoms with Crippen LogP contribution in [0.5, 0.6) is 0 Å². The molecule has 6 heteroatoms. The van der Waals surface area contributed by atoms with Crippen molar-refractivity contribution in [3.63, 3.8) is 0 Å². The highest BCUT2D eigenvalue weighted by Crippen LogP contribution is 2.43. The molecule has 1 aromatic carbocycles. The van der Waals surface area contributed by atoms with E-state index < -0.39 is 0 Å². The van der Waals surface area contributed by atoms with Gasteiger partial charge in [-0.05, 0) is 55.6 Å². The summed E-state index contributed by atoms with van der Waals surface area (Å²) in [6.07, 6.45) is 6.66. The molecular weight excluding hydrogens is 376 g/mol. The maximum atomic E-state index is 9.65. The van der Waals surface area contributed by atoms with Crippen LogP contribution in [0.25, 0.3) is 0 Å². The van der Waals surface area contributed by atoms with Crippen molar-refractivity contribution in [3.05, 3.63) is 35.4 Å². The minimum Gasteiger partial charge on any atom is -0.393 e. The van der Waals surface area contributed by atoms with Crippen molar-refractivity contribution in [2.24, 2.45) is 10.4 Å². The summed E-state index contributed by atoms with van der Waals surface area (Å²) in [4.78, 5) is 7.23. The summed E-state index contributed by atoms with van der Waals surface area (Å²) in [6.45, 7) is 8.37. The summed E-state index contributed by atoms with van der Waals surface area (Å²) >= 11 is 0. The van der Waals surface area contributed by atoms with Crippen molar-refractivity contribution in [3.8, 4) is 0 Å². The number of benzene rings is 1. The second-order valence-electron chi connectivity index (χ2n) is 8.97. The molecule has 0 bridgehead atoms. The van der Waals surface area contributed by atoms with Crippen LogP contribution in [0.1, 0.15) is 56.6 Å². The molecule has 0 aromatic heterocycles. The van der Waals surface area contributed by atoms with E-state index in [1.54, 1.807) is 7.11 Å². The van der Waals surface area contributed by atoms with E-state index in [1.165, 1.54) is 30.4 Å². The standard InChI is InChI=1S/C24H40N4O2/c1-3-25-23(27-19-24(11-4-12-24)13-16-30-2)26-17-20-5-7-21(8-6-20)18-28-14-9-22(29)10-15-28/h5-8,22,29H,3-4,9-19H2,1-2H3,(H2,25,26,27). The van der Waals surface area contributed by atoms with Crippen molar-refractivity contribution in [2.75, 3.05) is 39.9 Å². The number of hydrogen-bond donors (Lipinski definition) is 3. The lowest BCUT2D eigenvalue weighted by atomic mass is 9.67. The molecule has 30 heavy (non-hydrogen) atoms. The number of nitrogens with zero attached hydrogens (tertiary/aromatic N) is 2. The Morgan fingerprint density at radius 2 is 1.87 bits per heavy atom. The number of likely N-dealkylation sites (tertiary alicyclic amines) is 1. The quantitative estimate of drug-likeness (QED) is 0.404. The molecule has 1 aromatic rings. The molecule has 2 aliphatic rings. The Bertz CT molecular complexity index is 650. The largest absolute Gasteiger partial charge is 0.393 e. The van der Waals surface area contributed by atoms with Crippen LogP contribution in [-0.2, 0) is 17.8 Å². The normalized spacial score (nSPS) is 20.0. The van der Waals surface area contributed by atoms with Gasteiger partial charge in [0.2, 0.25) is 0 Å². The molecule has 0 atom stereocenters. The molecule has 1 heterocycles. The Kier molecular flexibility index (Phi) is 8.97. The lowest BCUT2D eigenvalue weighted by molar-refractivity contribution is 0.0732. The minimum atomic E-state index is -0.111. The summed E-state index contributed by atoms with van der Waals surface area (Å²) in [5, 5.41) is 16.6. The molecule has 1 saturated heterocycles. The smallest absolute Gasteiger partial charge is 0.191 e. The molecule has 3 rings (SSSR count). The van der Waals surface area contributed by atoms with Crippen LogP contribution in [0.3, 0.4) is 0 Å². The summed E-state index contributed by atoms with van der Waals surface area (Å²) in [6, 6.07) is 8.80. The third-order valence-electron chi connectivity index (χ3n) is 6.63. The summed E-state index contributed by atoms with van der Waals surface area (Å²) < 4.78 is 5.31. The van der Waals surface area contributed by atoms with Crippen molar-refractivity contribution in [2.45, 2.75) is 64.6 Å². The third kappa shape index (κ3) is 6.96. The average molecular weight is 417 g/mol. The Hall–Kier alpha value is -1.63. The highest BCUT2D eigenvalue weighted by atomic mass is 16.5. The van der Waals surface area contributed by atoms with Gasteiger partial charge in [-0.25, -0.2) is 4.99 Å². The van der Waals surface area contributed by atoms with Crippen molar-refractivity contribution >= 4 is 5.96 Å². The number of aliphatic hydroxyl groups is 1. The molecule has 168 valence electrons. The zero-order valence-corrected chi connectivity index (χ0v) is 18.8. The summed E-state index contributed by atoms with van der Waals surface area (Å²) in [7, 11) is 1.79. The second-order valence-corrected chi connectivity index (χ2v) is 8.97. The van der Waals surface area contributed by atoms with Crippen molar-refractivity contribution in [1.82, 2.24) is 15.5 Å². The van der Waals surface area contributed by atoms with E-state index in [4.69, 9.17) is 9.73 Å². The first-order valence-electron chi connectivity index (χ1n) is 11.6. The van der Waals surface area contributed by atoms with Gasteiger partial charge in [0.1, 0.15) is 0 Å². The maximum absolute atomic E-state index is 9.65. The first kappa shape index (κ1) is 23.0. The SMILES string of the molecule is CCNC(=NCc1ccc(CN2CCC(O)CC2)cc1)NCC1(CCOC)CCC1. The van der Waals surface area contributed by atoms with Crippen LogP contribution in [-0.4, -0.2) is 62.0 Å². The van der Waals surface area contributed by atoms with Gasteiger partial charge in [-0.15, -0.1) is 0 Å². The van der Waals surface area contributed by atoms with E-state index >= 15 is 0 Å². The van der Waals surface area contributed by atoms with Gasteiger partial charge in [-0.2, -0.15) is 0 Å². The Morgan fingerprint density at radius 1 is 1.17 bits per heavy atom. The number of rotatable bonds is 10. The summed E-state index contributed by atoms with van der Waals surface area (Å²) in [5.74, 6) is 0.900. The minimum absolute atomic E-state index is 0.111. The van der Waals surface area contributed by atoms with Gasteiger partial charge in [-0.3, -0.25) is 4.90 Å². The molecule has 2 fully saturated rings. The molecule has 0 spiro atoms. The van der Waals surface area contributed by atoms with E-state index in [2.05, 4.69) is 46.7 Å². The lowest BCUT2D eigenvalue weighted by Gasteiger charge is -2.42. The van der Waals surface area contributed by atoms with Gasteiger partial charge in [0, 0.05) is 46.4 Å². The van der Waals surface area contributed by atoms with E-state index in [-0.39, 0.29) is 6.10 Å². The van der Waals surface area contributed by atoms with Gasteiger partial charge in [0.25, 0.3) is 0 Å². The molecule has 1 saturated carbocycles. The van der Waals surface area contributed by atoms with Gasteiger partial charge in [-0.1, -0.05) is 30.7 Å². The number of guanidine groups is 1. The first-order chi connectivity index (χ1) is 14.6. The van der Waals surface area contributed by atoms with E-state index in [9.17, 15) is 5.11 Å². The number of ether oxygens (including phenoxy) is 1. The summed E-state index contributed by atoms with van der Waals surface area (Å²) in [5.41, 5.74) is 2.93. The van der Waals surface area contributed by atoms with Gasteiger partial charge >= 0.3 is 0 Å².